The van der Waals surface area contributed by atoms with Crippen LogP contribution in [0.5, 0.6) is 0 Å². The van der Waals surface area contributed by atoms with Crippen molar-refractivity contribution in [3.8, 4) is 0 Å². The van der Waals surface area contributed by atoms with Crippen LogP contribution in [0.2, 0.25) is 0 Å². The first-order chi connectivity index (χ1) is 16.2. The summed E-state index contributed by atoms with van der Waals surface area (Å²) in [6.45, 7) is -0.688. The van der Waals surface area contributed by atoms with Gasteiger partial charge in [0, 0.05) is 7.11 Å². The van der Waals surface area contributed by atoms with Crippen molar-refractivity contribution in [2.75, 3.05) is 13.7 Å². The highest BCUT2D eigenvalue weighted by Crippen LogP contribution is 2.32. The second-order valence-corrected chi connectivity index (χ2v) is 8.07. The number of ether oxygens (including phenoxy) is 3. The van der Waals surface area contributed by atoms with Gasteiger partial charge in [0.15, 0.2) is 17.7 Å². The molecule has 1 fully saturated rings. The largest absolute Gasteiger partial charge is 0.457 e. The molecule has 0 aromatic heterocycles. The molecule has 10 nitrogen and oxygen atoms in total. The van der Waals surface area contributed by atoms with E-state index in [1.807, 2.05) is 30.3 Å². The molecule has 0 aliphatic carbocycles. The summed E-state index contributed by atoms with van der Waals surface area (Å²) in [4.78, 5) is 25.8. The van der Waals surface area contributed by atoms with Gasteiger partial charge in [-0.25, -0.2) is 4.79 Å². The van der Waals surface area contributed by atoms with E-state index in [9.17, 15) is 30.0 Å². The van der Waals surface area contributed by atoms with Crippen molar-refractivity contribution in [1.29, 1.82) is 0 Å². The van der Waals surface area contributed by atoms with Gasteiger partial charge in [0.25, 0.3) is 0 Å². The van der Waals surface area contributed by atoms with E-state index in [1.165, 1.54) is 13.2 Å². The average molecular weight is 475 g/mol. The van der Waals surface area contributed by atoms with Gasteiger partial charge in [-0.15, -0.1) is 0 Å². The van der Waals surface area contributed by atoms with Crippen molar-refractivity contribution in [1.82, 2.24) is 0 Å². The highest BCUT2D eigenvalue weighted by Gasteiger charge is 2.60. The molecule has 6 N–H and O–H groups in total. The van der Waals surface area contributed by atoms with E-state index in [2.05, 4.69) is 0 Å². The van der Waals surface area contributed by atoms with E-state index < -0.39 is 54.6 Å². The fourth-order valence-corrected chi connectivity index (χ4v) is 3.93. The van der Waals surface area contributed by atoms with Crippen LogP contribution in [0.25, 0.3) is 0 Å². The number of hydrogen-bond acceptors (Lipinski definition) is 10. The van der Waals surface area contributed by atoms with Gasteiger partial charge in [0.05, 0.1) is 18.2 Å². The van der Waals surface area contributed by atoms with E-state index in [-0.39, 0.29) is 18.6 Å². The maximum absolute atomic E-state index is 13.2. The van der Waals surface area contributed by atoms with Gasteiger partial charge in [-0.3, -0.25) is 4.79 Å². The van der Waals surface area contributed by atoms with Gasteiger partial charge in [-0.1, -0.05) is 48.5 Å². The Morgan fingerprint density at radius 2 is 1.74 bits per heavy atom. The van der Waals surface area contributed by atoms with Crippen LogP contribution in [-0.2, 0) is 32.0 Å². The number of esters is 1. The van der Waals surface area contributed by atoms with Crippen molar-refractivity contribution >= 4 is 11.8 Å². The molecule has 2 aromatic rings. The molecular formula is C24H29NO9. The van der Waals surface area contributed by atoms with Crippen LogP contribution in [0.3, 0.4) is 0 Å². The summed E-state index contributed by atoms with van der Waals surface area (Å²) < 4.78 is 15.5. The summed E-state index contributed by atoms with van der Waals surface area (Å²) in [5, 5.41) is 41.4. The lowest BCUT2D eigenvalue weighted by molar-refractivity contribution is -0.318. The third-order valence-corrected chi connectivity index (χ3v) is 5.85. The number of aliphatic hydroxyl groups excluding tert-OH is 3. The summed E-state index contributed by atoms with van der Waals surface area (Å²) in [5.74, 6) is -1.72. The Morgan fingerprint density at radius 1 is 1.09 bits per heavy atom. The normalized spacial score (nSPS) is 27.7. The molecule has 1 unspecified atom stereocenters. The molecule has 0 saturated carbocycles. The lowest BCUT2D eigenvalue weighted by atomic mass is 9.77. The van der Waals surface area contributed by atoms with Gasteiger partial charge >= 0.3 is 5.97 Å². The first-order valence-corrected chi connectivity index (χ1v) is 10.7. The zero-order valence-corrected chi connectivity index (χ0v) is 18.6. The quantitative estimate of drug-likeness (QED) is 0.292. The van der Waals surface area contributed by atoms with Crippen LogP contribution in [0.4, 0.5) is 0 Å². The maximum Gasteiger partial charge on any atom is 0.338 e. The molecule has 0 radical (unpaired) electrons. The van der Waals surface area contributed by atoms with E-state index in [0.717, 1.165) is 5.56 Å². The van der Waals surface area contributed by atoms with Crippen molar-refractivity contribution in [3.63, 3.8) is 0 Å². The van der Waals surface area contributed by atoms with Gasteiger partial charge in [-0.05, 0) is 23.6 Å². The number of rotatable bonds is 9. The monoisotopic (exact) mass is 475 g/mol. The van der Waals surface area contributed by atoms with Gasteiger partial charge in [-0.2, -0.15) is 0 Å². The highest BCUT2D eigenvalue weighted by atomic mass is 16.7. The second kappa shape index (κ2) is 11.2. The van der Waals surface area contributed by atoms with E-state index in [0.29, 0.717) is 5.56 Å². The SMILES string of the molecule is CO[C@@H]1O[C@@H](CO)[C@H](O)C(O)(C(=O)[C@H](N)Cc2ccccc2C(=O)OCc2ccccc2)[C@@H]1O. The third kappa shape index (κ3) is 5.18. The van der Waals surface area contributed by atoms with Crippen molar-refractivity contribution in [2.45, 2.75) is 49.3 Å². The summed E-state index contributed by atoms with van der Waals surface area (Å²) in [6.07, 6.45) is -7.01. The molecular weight excluding hydrogens is 446 g/mol. The van der Waals surface area contributed by atoms with Crippen molar-refractivity contribution in [3.05, 3.63) is 71.3 Å². The molecule has 3 rings (SSSR count). The topological polar surface area (TPSA) is 169 Å². The van der Waals surface area contributed by atoms with Crippen molar-refractivity contribution < 1.29 is 44.2 Å². The molecule has 0 spiro atoms. The number of benzene rings is 2. The molecule has 6 atom stereocenters. The zero-order chi connectivity index (χ0) is 24.9. The van der Waals surface area contributed by atoms with Crippen LogP contribution in [0.15, 0.2) is 54.6 Å². The number of hydrogen-bond donors (Lipinski definition) is 5. The minimum Gasteiger partial charge on any atom is -0.457 e. The molecule has 1 aliphatic heterocycles. The number of Topliss-reactive ketones (excluding diaryl/α,β-unsaturated/α-hetero) is 1. The lowest BCUT2D eigenvalue weighted by Crippen LogP contribution is -2.73. The van der Waals surface area contributed by atoms with Gasteiger partial charge in [0.2, 0.25) is 0 Å². The minimum absolute atomic E-state index is 0.0537. The number of carbonyl (C=O) groups excluding carboxylic acids is 2. The Kier molecular flexibility index (Phi) is 8.50. The van der Waals surface area contributed by atoms with E-state index >= 15 is 0 Å². The predicted molar refractivity (Wildman–Crippen MR) is 118 cm³/mol. The molecule has 184 valence electrons. The predicted octanol–water partition coefficient (Wildman–Crippen LogP) is -0.701. The Morgan fingerprint density at radius 3 is 2.38 bits per heavy atom. The molecule has 1 heterocycles. The van der Waals surface area contributed by atoms with Crippen LogP contribution in [0.1, 0.15) is 21.5 Å². The fourth-order valence-electron chi connectivity index (χ4n) is 3.93. The summed E-state index contributed by atoms with van der Waals surface area (Å²) >= 11 is 0. The molecule has 0 amide bonds. The third-order valence-electron chi connectivity index (χ3n) is 5.85. The maximum atomic E-state index is 13.2. The Bertz CT molecular complexity index is 967. The second-order valence-electron chi connectivity index (χ2n) is 8.07. The zero-order valence-electron chi connectivity index (χ0n) is 18.6. The fraction of sp³-hybridized carbons (Fsp3) is 0.417. The van der Waals surface area contributed by atoms with Crippen LogP contribution < -0.4 is 5.73 Å². The summed E-state index contributed by atoms with van der Waals surface area (Å²) in [5.41, 5.74) is 4.66. The number of carbonyl (C=O) groups is 2. The lowest BCUT2D eigenvalue weighted by Gasteiger charge is -2.47. The molecule has 10 heteroatoms. The average Bonchev–Trinajstić information content (AvgIpc) is 2.86. The number of ketones is 1. The van der Waals surface area contributed by atoms with E-state index in [4.69, 9.17) is 19.9 Å². The number of methoxy groups -OCH3 is 1. The standard InChI is InChI=1S/C24H29NO9/c1-32-23-21(29)24(31,20(28)18(12-26)34-23)19(27)17(25)11-15-9-5-6-10-16(15)22(30)33-13-14-7-3-2-4-8-14/h2-10,17-18,20-21,23,26,28-29,31H,11-13,25H2,1H3/t17-,18+,20+,21-,23-,24?/m1/s1. The molecule has 1 saturated heterocycles. The first kappa shape index (κ1) is 25.9. The number of nitrogens with two attached hydrogens (primary N) is 1. The molecule has 34 heavy (non-hydrogen) atoms. The Balaban J connectivity index is 1.78. The summed E-state index contributed by atoms with van der Waals surface area (Å²) in [7, 11) is 1.17. The summed E-state index contributed by atoms with van der Waals surface area (Å²) in [6, 6.07) is 14.1. The Labute approximate surface area is 196 Å². The minimum atomic E-state index is -2.77. The van der Waals surface area contributed by atoms with Gasteiger partial charge in [0.1, 0.15) is 24.9 Å². The Hall–Kier alpha value is -2.70. The number of aliphatic hydroxyl groups is 4. The smallest absolute Gasteiger partial charge is 0.338 e. The van der Waals surface area contributed by atoms with E-state index in [1.54, 1.807) is 18.2 Å². The van der Waals surface area contributed by atoms with Crippen LogP contribution in [0, 0.1) is 0 Å². The van der Waals surface area contributed by atoms with Crippen molar-refractivity contribution in [2.24, 2.45) is 5.73 Å². The molecule has 2 aromatic carbocycles. The molecule has 0 bridgehead atoms. The van der Waals surface area contributed by atoms with Crippen LogP contribution in [-0.4, -0.2) is 82.1 Å². The van der Waals surface area contributed by atoms with Gasteiger partial charge < -0.3 is 40.4 Å². The first-order valence-electron chi connectivity index (χ1n) is 10.7. The highest BCUT2D eigenvalue weighted by molar-refractivity contribution is 5.95. The molecule has 1 aliphatic rings. The van der Waals surface area contributed by atoms with Crippen LogP contribution >= 0.6 is 0 Å².